The van der Waals surface area contributed by atoms with Crippen molar-refractivity contribution in [1.82, 2.24) is 0 Å². The first kappa shape index (κ1) is 14.8. The second-order valence-corrected chi connectivity index (χ2v) is 5.17. The van der Waals surface area contributed by atoms with Crippen molar-refractivity contribution in [3.05, 3.63) is 35.4 Å². The van der Waals surface area contributed by atoms with Crippen LogP contribution in [0.3, 0.4) is 0 Å². The Kier molecular flexibility index (Phi) is 3.97. The summed E-state index contributed by atoms with van der Waals surface area (Å²) in [6, 6.07) is 4.77. The third-order valence-electron chi connectivity index (χ3n) is 3.69. The van der Waals surface area contributed by atoms with Gasteiger partial charge in [0.2, 0.25) is 0 Å². The Morgan fingerprint density at radius 2 is 2.05 bits per heavy atom. The van der Waals surface area contributed by atoms with Crippen LogP contribution in [0.15, 0.2) is 24.3 Å². The monoisotopic (exact) mass is 283 g/mol. The molecule has 0 aromatic heterocycles. The maximum atomic E-state index is 12.7. The molecule has 2 unspecified atom stereocenters. The van der Waals surface area contributed by atoms with Gasteiger partial charge in [-0.15, -0.1) is 0 Å². The summed E-state index contributed by atoms with van der Waals surface area (Å²) in [7, 11) is 0. The minimum Gasteiger partial charge on any atom is -0.309 e. The van der Waals surface area contributed by atoms with Crippen LogP contribution in [0.2, 0.25) is 0 Å². The summed E-state index contributed by atoms with van der Waals surface area (Å²) in [6.07, 6.45) is -2.54. The van der Waals surface area contributed by atoms with Gasteiger partial charge in [0.05, 0.1) is 11.5 Å². The molecule has 20 heavy (non-hydrogen) atoms. The molecular weight excluding hydrogens is 267 g/mol. The Bertz CT molecular complexity index is 536. The van der Waals surface area contributed by atoms with Gasteiger partial charge in [-0.25, -0.2) is 0 Å². The maximum absolute atomic E-state index is 12.7. The molecule has 0 saturated heterocycles. The first-order chi connectivity index (χ1) is 9.34. The van der Waals surface area contributed by atoms with E-state index in [0.29, 0.717) is 12.8 Å². The molecule has 0 amide bonds. The Hall–Kier alpha value is -1.65. The molecule has 108 valence electrons. The van der Waals surface area contributed by atoms with Crippen molar-refractivity contribution in [3.63, 3.8) is 0 Å². The molecule has 2 atom stereocenters. The second-order valence-electron chi connectivity index (χ2n) is 5.17. The van der Waals surface area contributed by atoms with Crippen LogP contribution in [0.5, 0.6) is 0 Å². The summed E-state index contributed by atoms with van der Waals surface area (Å²) >= 11 is 0. The fourth-order valence-corrected chi connectivity index (χ4v) is 2.74. The highest BCUT2D eigenvalue weighted by atomic mass is 19.4. The maximum Gasteiger partial charge on any atom is 0.416 e. The summed E-state index contributed by atoms with van der Waals surface area (Å²) < 4.78 is 38.1. The second kappa shape index (κ2) is 5.38. The summed E-state index contributed by atoms with van der Waals surface area (Å²) in [6.45, 7) is 1.95. The van der Waals surface area contributed by atoms with Crippen LogP contribution in [0.1, 0.15) is 43.2 Å². The van der Waals surface area contributed by atoms with Gasteiger partial charge in [0.15, 0.2) is 0 Å². The van der Waals surface area contributed by atoms with E-state index in [1.807, 2.05) is 6.92 Å². The van der Waals surface area contributed by atoms with E-state index in [4.69, 9.17) is 5.41 Å². The van der Waals surface area contributed by atoms with E-state index in [9.17, 15) is 18.0 Å². The van der Waals surface area contributed by atoms with Gasteiger partial charge in [0, 0.05) is 11.6 Å². The topological polar surface area (TPSA) is 40.9 Å². The fraction of sp³-hybridized carbons (Fsp3) is 0.467. The van der Waals surface area contributed by atoms with Gasteiger partial charge in [0.1, 0.15) is 5.78 Å². The zero-order valence-corrected chi connectivity index (χ0v) is 11.1. The third-order valence-corrected chi connectivity index (χ3v) is 3.69. The summed E-state index contributed by atoms with van der Waals surface area (Å²) in [4.78, 5) is 12.2. The minimum atomic E-state index is -4.43. The third kappa shape index (κ3) is 2.76. The molecule has 1 aliphatic carbocycles. The Morgan fingerprint density at radius 3 is 2.65 bits per heavy atom. The molecule has 0 radical (unpaired) electrons. The van der Waals surface area contributed by atoms with Crippen molar-refractivity contribution in [1.29, 1.82) is 5.41 Å². The smallest absolute Gasteiger partial charge is 0.309 e. The van der Waals surface area contributed by atoms with Gasteiger partial charge in [-0.2, -0.15) is 13.2 Å². The number of ketones is 1. The lowest BCUT2D eigenvalue weighted by Crippen LogP contribution is -2.16. The first-order valence-electron chi connectivity index (χ1n) is 6.62. The van der Waals surface area contributed by atoms with Gasteiger partial charge in [-0.3, -0.25) is 4.79 Å². The van der Waals surface area contributed by atoms with Crippen molar-refractivity contribution in [2.24, 2.45) is 5.92 Å². The predicted octanol–water partition coefficient (Wildman–Crippen LogP) is 4.20. The van der Waals surface area contributed by atoms with Crippen LogP contribution in [0.25, 0.3) is 0 Å². The number of Topliss-reactive ketones (excluding diaryl/α,β-unsaturated/α-hetero) is 1. The van der Waals surface area contributed by atoms with Gasteiger partial charge in [0.25, 0.3) is 0 Å². The molecule has 1 aliphatic rings. The molecule has 0 heterocycles. The number of nitrogens with one attached hydrogen (secondary N) is 1. The average Bonchev–Trinajstić information content (AvgIpc) is 2.64. The predicted molar refractivity (Wildman–Crippen MR) is 69.9 cm³/mol. The highest BCUT2D eigenvalue weighted by molar-refractivity contribution is 6.15. The van der Waals surface area contributed by atoms with Crippen LogP contribution >= 0.6 is 0 Å². The standard InChI is InChI=1S/C15H16F3NO/c1-2-4-10-8-12(19)13(14(10)20)9-5-3-6-11(7-9)15(16,17)18/h3,5-7,10,13,19H,2,4,8H2,1H3. The Morgan fingerprint density at radius 1 is 1.35 bits per heavy atom. The molecular formula is C15H16F3NO. The number of halogens is 3. The van der Waals surface area contributed by atoms with E-state index in [1.54, 1.807) is 0 Å². The van der Waals surface area contributed by atoms with Gasteiger partial charge in [-0.05, 0) is 24.5 Å². The fourth-order valence-electron chi connectivity index (χ4n) is 2.74. The van der Waals surface area contributed by atoms with E-state index in [1.165, 1.54) is 12.1 Å². The molecule has 1 N–H and O–H groups in total. The Balaban J connectivity index is 2.32. The van der Waals surface area contributed by atoms with E-state index in [2.05, 4.69) is 0 Å². The van der Waals surface area contributed by atoms with Crippen LogP contribution < -0.4 is 0 Å². The molecule has 1 saturated carbocycles. The van der Waals surface area contributed by atoms with Crippen LogP contribution in [0, 0.1) is 11.3 Å². The normalized spacial score (nSPS) is 23.4. The quantitative estimate of drug-likeness (QED) is 0.887. The molecule has 2 nitrogen and oxygen atoms in total. The number of hydrogen-bond donors (Lipinski definition) is 1. The van der Waals surface area contributed by atoms with E-state index >= 15 is 0 Å². The highest BCUT2D eigenvalue weighted by Gasteiger charge is 2.40. The van der Waals surface area contributed by atoms with Gasteiger partial charge < -0.3 is 5.41 Å². The molecule has 1 fully saturated rings. The van der Waals surface area contributed by atoms with Crippen LogP contribution in [-0.2, 0) is 11.0 Å². The SMILES string of the molecule is CCCC1CC(=N)C(c2cccc(C(F)(F)F)c2)C1=O. The number of carbonyl (C=O) groups excluding carboxylic acids is 1. The number of rotatable bonds is 3. The number of alkyl halides is 3. The lowest BCUT2D eigenvalue weighted by atomic mass is 9.92. The average molecular weight is 283 g/mol. The van der Waals surface area contributed by atoms with Crippen molar-refractivity contribution < 1.29 is 18.0 Å². The molecule has 0 aliphatic heterocycles. The largest absolute Gasteiger partial charge is 0.416 e. The minimum absolute atomic E-state index is 0.115. The van der Waals surface area contributed by atoms with E-state index in [0.717, 1.165) is 18.6 Å². The number of hydrogen-bond acceptors (Lipinski definition) is 2. The number of carbonyl (C=O) groups is 1. The molecule has 0 spiro atoms. The van der Waals surface area contributed by atoms with E-state index in [-0.39, 0.29) is 23.0 Å². The van der Waals surface area contributed by atoms with Crippen molar-refractivity contribution in [2.45, 2.75) is 38.3 Å². The summed E-state index contributed by atoms with van der Waals surface area (Å²) in [5.41, 5.74) is -0.254. The molecule has 2 rings (SSSR count). The van der Waals surface area contributed by atoms with Gasteiger partial charge in [-0.1, -0.05) is 31.5 Å². The molecule has 0 bridgehead atoms. The lowest BCUT2D eigenvalue weighted by molar-refractivity contribution is -0.137. The Labute approximate surface area is 115 Å². The van der Waals surface area contributed by atoms with Gasteiger partial charge >= 0.3 is 6.18 Å². The summed E-state index contributed by atoms with van der Waals surface area (Å²) in [5.74, 6) is -1.13. The summed E-state index contributed by atoms with van der Waals surface area (Å²) in [5, 5.41) is 7.91. The van der Waals surface area contributed by atoms with Crippen molar-refractivity contribution in [3.8, 4) is 0 Å². The van der Waals surface area contributed by atoms with Crippen LogP contribution in [0.4, 0.5) is 13.2 Å². The van der Waals surface area contributed by atoms with Crippen LogP contribution in [-0.4, -0.2) is 11.5 Å². The van der Waals surface area contributed by atoms with Crippen molar-refractivity contribution in [2.75, 3.05) is 0 Å². The first-order valence-corrected chi connectivity index (χ1v) is 6.62. The lowest BCUT2D eigenvalue weighted by Gasteiger charge is -2.13. The highest BCUT2D eigenvalue weighted by Crippen LogP contribution is 2.37. The molecule has 1 aromatic carbocycles. The zero-order chi connectivity index (χ0) is 14.9. The zero-order valence-electron chi connectivity index (χ0n) is 11.1. The molecule has 5 heteroatoms. The molecule has 1 aromatic rings. The van der Waals surface area contributed by atoms with E-state index < -0.39 is 17.7 Å². The number of benzene rings is 1. The van der Waals surface area contributed by atoms with Crippen molar-refractivity contribution >= 4 is 11.5 Å².